The molecule has 0 unspecified atom stereocenters. The van der Waals surface area contributed by atoms with E-state index in [1.807, 2.05) is 48.5 Å². The molecule has 9 heteroatoms. The molecule has 7 nitrogen and oxygen atoms in total. The molecule has 0 bridgehead atoms. The Bertz CT molecular complexity index is 1250. The van der Waals surface area contributed by atoms with Gasteiger partial charge in [-0.2, -0.15) is 16.9 Å². The van der Waals surface area contributed by atoms with Gasteiger partial charge in [0.15, 0.2) is 0 Å². The SMILES string of the molecule is COc1ccc(CNC(=O)Cn2nc3c(c2NC(=O)C2(c4ccc(Cl)cc4)CCCC2)CSC3)cc1. The summed E-state index contributed by atoms with van der Waals surface area (Å²) in [5.74, 6) is 2.76. The molecule has 2 heterocycles. The van der Waals surface area contributed by atoms with Crippen LogP contribution < -0.4 is 15.4 Å². The van der Waals surface area contributed by atoms with Gasteiger partial charge in [0.2, 0.25) is 11.8 Å². The number of halogens is 1. The lowest BCUT2D eigenvalue weighted by molar-refractivity contribution is -0.123. The number of benzene rings is 2. The Labute approximate surface area is 219 Å². The monoisotopic (exact) mass is 524 g/mol. The number of carbonyl (C=O) groups is 2. The number of rotatable bonds is 8. The summed E-state index contributed by atoms with van der Waals surface area (Å²) in [7, 11) is 1.62. The normalized spacial score (nSPS) is 15.9. The van der Waals surface area contributed by atoms with Crippen molar-refractivity contribution in [2.75, 3.05) is 12.4 Å². The van der Waals surface area contributed by atoms with Crippen molar-refractivity contribution in [1.29, 1.82) is 0 Å². The molecule has 5 rings (SSSR count). The van der Waals surface area contributed by atoms with Gasteiger partial charge in [0.1, 0.15) is 18.1 Å². The van der Waals surface area contributed by atoms with Gasteiger partial charge < -0.3 is 15.4 Å². The standard InChI is InChI=1S/C27H29ClN4O3S/c1-35-21-10-4-18(5-11-21)14-29-24(33)15-32-25(22-16-36-17-23(22)31-32)30-26(34)27(12-2-3-13-27)19-6-8-20(28)9-7-19/h4-11H,2-3,12-17H2,1H3,(H,29,33)(H,30,34). The summed E-state index contributed by atoms with van der Waals surface area (Å²) in [4.78, 5) is 26.6. The highest BCUT2D eigenvalue weighted by Gasteiger charge is 2.43. The number of anilines is 1. The number of thioether (sulfide) groups is 1. The van der Waals surface area contributed by atoms with Gasteiger partial charge in [-0.15, -0.1) is 0 Å². The molecule has 1 saturated carbocycles. The van der Waals surface area contributed by atoms with Gasteiger partial charge in [-0.1, -0.05) is 48.7 Å². The van der Waals surface area contributed by atoms with Crippen LogP contribution in [0, 0.1) is 0 Å². The number of hydrogen-bond acceptors (Lipinski definition) is 5. The van der Waals surface area contributed by atoms with E-state index in [0.29, 0.717) is 17.4 Å². The molecule has 1 aliphatic heterocycles. The molecule has 36 heavy (non-hydrogen) atoms. The summed E-state index contributed by atoms with van der Waals surface area (Å²) < 4.78 is 6.83. The van der Waals surface area contributed by atoms with Crippen molar-refractivity contribution in [3.05, 3.63) is 75.9 Å². The molecule has 0 spiro atoms. The van der Waals surface area contributed by atoms with E-state index < -0.39 is 5.41 Å². The van der Waals surface area contributed by atoms with Crippen LogP contribution in [0.3, 0.4) is 0 Å². The van der Waals surface area contributed by atoms with E-state index in [1.54, 1.807) is 23.6 Å². The molecule has 0 atom stereocenters. The topological polar surface area (TPSA) is 85.2 Å². The average Bonchev–Trinajstić information content (AvgIpc) is 3.62. The molecule has 2 aromatic carbocycles. The van der Waals surface area contributed by atoms with Gasteiger partial charge >= 0.3 is 0 Å². The zero-order chi connectivity index (χ0) is 25.1. The lowest BCUT2D eigenvalue weighted by atomic mass is 9.78. The summed E-state index contributed by atoms with van der Waals surface area (Å²) in [5, 5.41) is 11.5. The molecule has 2 amide bonds. The van der Waals surface area contributed by atoms with Crippen molar-refractivity contribution in [3.8, 4) is 5.75 Å². The minimum atomic E-state index is -0.602. The summed E-state index contributed by atoms with van der Waals surface area (Å²) in [6, 6.07) is 15.2. The minimum absolute atomic E-state index is 0.0391. The minimum Gasteiger partial charge on any atom is -0.497 e. The first-order valence-corrected chi connectivity index (χ1v) is 13.7. The van der Waals surface area contributed by atoms with Gasteiger partial charge in [-0.3, -0.25) is 9.59 Å². The van der Waals surface area contributed by atoms with E-state index in [2.05, 4.69) is 15.7 Å². The van der Waals surface area contributed by atoms with E-state index in [0.717, 1.165) is 65.3 Å². The number of hydrogen-bond donors (Lipinski definition) is 2. The molecule has 1 aromatic heterocycles. The highest BCUT2D eigenvalue weighted by Crippen LogP contribution is 2.43. The molecule has 3 aromatic rings. The predicted octanol–water partition coefficient (Wildman–Crippen LogP) is 5.06. The zero-order valence-corrected chi connectivity index (χ0v) is 21.8. The first-order chi connectivity index (χ1) is 17.5. The van der Waals surface area contributed by atoms with Crippen LogP contribution in [0.15, 0.2) is 48.5 Å². The Morgan fingerprint density at radius 1 is 1.08 bits per heavy atom. The molecular weight excluding hydrogens is 496 g/mol. The summed E-state index contributed by atoms with van der Waals surface area (Å²) in [6.07, 6.45) is 3.57. The number of amides is 2. The summed E-state index contributed by atoms with van der Waals surface area (Å²) >= 11 is 7.88. The van der Waals surface area contributed by atoms with E-state index in [9.17, 15) is 9.59 Å². The van der Waals surface area contributed by atoms with Crippen LogP contribution in [0.1, 0.15) is 48.1 Å². The van der Waals surface area contributed by atoms with Gasteiger partial charge in [0.25, 0.3) is 0 Å². The third kappa shape index (κ3) is 4.97. The third-order valence-electron chi connectivity index (χ3n) is 7.08. The van der Waals surface area contributed by atoms with Crippen LogP contribution >= 0.6 is 23.4 Å². The molecule has 0 saturated heterocycles. The van der Waals surface area contributed by atoms with E-state index >= 15 is 0 Å². The quantitative estimate of drug-likeness (QED) is 0.430. The fourth-order valence-electron chi connectivity index (χ4n) is 5.08. The number of aromatic nitrogens is 2. The van der Waals surface area contributed by atoms with Crippen LogP contribution in [-0.4, -0.2) is 28.7 Å². The van der Waals surface area contributed by atoms with E-state index in [1.165, 1.54) is 0 Å². The second kappa shape index (κ2) is 10.6. The molecule has 1 aliphatic carbocycles. The van der Waals surface area contributed by atoms with Crippen LogP contribution in [-0.2, 0) is 39.6 Å². The van der Waals surface area contributed by atoms with Crippen molar-refractivity contribution in [1.82, 2.24) is 15.1 Å². The Hall–Kier alpha value is -2.97. The molecule has 2 aliphatic rings. The highest BCUT2D eigenvalue weighted by molar-refractivity contribution is 7.98. The number of nitrogens with zero attached hydrogens (tertiary/aromatic N) is 2. The predicted molar refractivity (Wildman–Crippen MR) is 142 cm³/mol. The van der Waals surface area contributed by atoms with E-state index in [-0.39, 0.29) is 18.4 Å². The van der Waals surface area contributed by atoms with Crippen molar-refractivity contribution in [2.24, 2.45) is 0 Å². The highest BCUT2D eigenvalue weighted by atomic mass is 35.5. The van der Waals surface area contributed by atoms with Crippen LogP contribution in [0.4, 0.5) is 5.82 Å². The summed E-state index contributed by atoms with van der Waals surface area (Å²) in [6.45, 7) is 0.443. The maximum atomic E-state index is 13.8. The second-order valence-corrected chi connectivity index (χ2v) is 10.7. The van der Waals surface area contributed by atoms with Crippen molar-refractivity contribution in [3.63, 3.8) is 0 Å². The maximum Gasteiger partial charge on any atom is 0.242 e. The van der Waals surface area contributed by atoms with Gasteiger partial charge in [-0.05, 0) is 48.2 Å². The Morgan fingerprint density at radius 3 is 2.50 bits per heavy atom. The molecule has 0 radical (unpaired) electrons. The van der Waals surface area contributed by atoms with Crippen LogP contribution in [0.2, 0.25) is 5.02 Å². The molecule has 2 N–H and O–H groups in total. The van der Waals surface area contributed by atoms with Crippen LogP contribution in [0.5, 0.6) is 5.75 Å². The average molecular weight is 525 g/mol. The number of methoxy groups -OCH3 is 1. The van der Waals surface area contributed by atoms with Crippen molar-refractivity contribution < 1.29 is 14.3 Å². The number of nitrogens with one attached hydrogen (secondary N) is 2. The fraction of sp³-hybridized carbons (Fsp3) is 0.370. The van der Waals surface area contributed by atoms with E-state index in [4.69, 9.17) is 16.3 Å². The first kappa shape index (κ1) is 24.7. The van der Waals surface area contributed by atoms with Crippen LogP contribution in [0.25, 0.3) is 0 Å². The smallest absolute Gasteiger partial charge is 0.242 e. The lowest BCUT2D eigenvalue weighted by Gasteiger charge is -2.28. The number of carbonyl (C=O) groups excluding carboxylic acids is 2. The zero-order valence-electron chi connectivity index (χ0n) is 20.2. The second-order valence-electron chi connectivity index (χ2n) is 9.30. The first-order valence-electron chi connectivity index (χ1n) is 12.1. The largest absolute Gasteiger partial charge is 0.497 e. The lowest BCUT2D eigenvalue weighted by Crippen LogP contribution is -2.39. The molecular formula is C27H29ClN4O3S. The number of fused-ring (bicyclic) bond motifs is 1. The van der Waals surface area contributed by atoms with Gasteiger partial charge in [0, 0.05) is 28.6 Å². The Morgan fingerprint density at radius 2 is 1.81 bits per heavy atom. The third-order valence-corrected chi connectivity index (χ3v) is 8.30. The van der Waals surface area contributed by atoms with Gasteiger partial charge in [0.05, 0.1) is 18.2 Å². The van der Waals surface area contributed by atoms with Gasteiger partial charge in [-0.25, -0.2) is 4.68 Å². The Kier molecular flexibility index (Phi) is 7.25. The fourth-order valence-corrected chi connectivity index (χ4v) is 6.24. The van der Waals surface area contributed by atoms with Crippen molar-refractivity contribution >= 4 is 41.0 Å². The Balaban J connectivity index is 1.33. The summed E-state index contributed by atoms with van der Waals surface area (Å²) in [5.41, 5.74) is 3.31. The maximum absolute atomic E-state index is 13.8. The molecule has 188 valence electrons. The molecule has 1 fully saturated rings. The van der Waals surface area contributed by atoms with Crippen molar-refractivity contribution in [2.45, 2.75) is 55.7 Å². The number of ether oxygens (including phenoxy) is 1.